The summed E-state index contributed by atoms with van der Waals surface area (Å²) in [5, 5.41) is 6.40. The summed E-state index contributed by atoms with van der Waals surface area (Å²) < 4.78 is 1.63. The summed E-state index contributed by atoms with van der Waals surface area (Å²) in [5.41, 5.74) is 2.72. The number of rotatable bonds is 4. The second-order valence-corrected chi connectivity index (χ2v) is 8.53. The summed E-state index contributed by atoms with van der Waals surface area (Å²) in [7, 11) is 0. The summed E-state index contributed by atoms with van der Waals surface area (Å²) in [5.74, 6) is 0.388. The second-order valence-electron chi connectivity index (χ2n) is 6.35. The van der Waals surface area contributed by atoms with Crippen LogP contribution in [0.4, 0.5) is 0 Å². The standard InChI is InChI=1S/C19H16ClN3OS2/c1-11(2)17-22-14(8-25-17)7-23-10-21-18-16(19(23)24)15(9-26-18)12-3-5-13(20)6-4-12/h3-6,8-11H,7H2,1-2H3. The number of hydrogen-bond donors (Lipinski definition) is 0. The smallest absolute Gasteiger partial charge is 0.263 e. The Labute approximate surface area is 163 Å². The van der Waals surface area contributed by atoms with Crippen molar-refractivity contribution in [3.63, 3.8) is 0 Å². The molecule has 0 saturated heterocycles. The fraction of sp³-hybridized carbons (Fsp3) is 0.211. The molecule has 3 heterocycles. The highest BCUT2D eigenvalue weighted by molar-refractivity contribution is 7.17. The molecule has 0 unspecified atom stereocenters. The van der Waals surface area contributed by atoms with E-state index in [2.05, 4.69) is 23.8 Å². The minimum absolute atomic E-state index is 0.0414. The van der Waals surface area contributed by atoms with Crippen LogP contribution in [-0.2, 0) is 6.54 Å². The van der Waals surface area contributed by atoms with Crippen LogP contribution in [0.25, 0.3) is 21.3 Å². The van der Waals surface area contributed by atoms with E-state index in [4.69, 9.17) is 11.6 Å². The van der Waals surface area contributed by atoms with Crippen LogP contribution in [0.2, 0.25) is 5.02 Å². The highest BCUT2D eigenvalue weighted by atomic mass is 35.5. The maximum Gasteiger partial charge on any atom is 0.263 e. The quantitative estimate of drug-likeness (QED) is 0.459. The normalized spacial score (nSPS) is 11.5. The minimum Gasteiger partial charge on any atom is -0.293 e. The van der Waals surface area contributed by atoms with Crippen molar-refractivity contribution in [3.05, 3.63) is 67.4 Å². The molecule has 132 valence electrons. The zero-order valence-corrected chi connectivity index (χ0v) is 16.7. The van der Waals surface area contributed by atoms with Gasteiger partial charge in [-0.3, -0.25) is 9.36 Å². The third-order valence-electron chi connectivity index (χ3n) is 4.11. The first-order valence-electron chi connectivity index (χ1n) is 8.20. The summed E-state index contributed by atoms with van der Waals surface area (Å²) in [6, 6.07) is 7.52. The van der Waals surface area contributed by atoms with Crippen LogP contribution in [0.15, 0.2) is 46.1 Å². The lowest BCUT2D eigenvalue weighted by Gasteiger charge is -2.05. The van der Waals surface area contributed by atoms with Crippen LogP contribution in [-0.4, -0.2) is 14.5 Å². The third kappa shape index (κ3) is 3.20. The zero-order valence-electron chi connectivity index (χ0n) is 14.3. The Morgan fingerprint density at radius 3 is 2.62 bits per heavy atom. The van der Waals surface area contributed by atoms with Crippen LogP contribution in [0.1, 0.15) is 30.5 Å². The molecule has 0 aliphatic carbocycles. The Hall–Kier alpha value is -2.02. The van der Waals surface area contributed by atoms with Gasteiger partial charge in [-0.05, 0) is 17.7 Å². The number of thiophene rings is 1. The molecule has 4 nitrogen and oxygen atoms in total. The van der Waals surface area contributed by atoms with Gasteiger partial charge in [-0.25, -0.2) is 9.97 Å². The first-order chi connectivity index (χ1) is 12.5. The Morgan fingerprint density at radius 2 is 1.92 bits per heavy atom. The molecule has 1 aromatic carbocycles. The van der Waals surface area contributed by atoms with E-state index < -0.39 is 0 Å². The van der Waals surface area contributed by atoms with Gasteiger partial charge in [-0.15, -0.1) is 22.7 Å². The monoisotopic (exact) mass is 401 g/mol. The van der Waals surface area contributed by atoms with Crippen LogP contribution >= 0.6 is 34.3 Å². The molecule has 0 fully saturated rings. The van der Waals surface area contributed by atoms with Crippen molar-refractivity contribution in [2.24, 2.45) is 0 Å². The third-order valence-corrected chi connectivity index (χ3v) is 6.44. The topological polar surface area (TPSA) is 47.8 Å². The van der Waals surface area contributed by atoms with Crippen LogP contribution < -0.4 is 5.56 Å². The summed E-state index contributed by atoms with van der Waals surface area (Å²) in [6.45, 7) is 4.67. The molecular weight excluding hydrogens is 386 g/mol. The summed E-state index contributed by atoms with van der Waals surface area (Å²) in [4.78, 5) is 22.9. The number of benzene rings is 1. The summed E-state index contributed by atoms with van der Waals surface area (Å²) >= 11 is 9.09. The van der Waals surface area contributed by atoms with E-state index in [0.29, 0.717) is 22.9 Å². The first-order valence-corrected chi connectivity index (χ1v) is 10.3. The molecule has 0 aliphatic heterocycles. The lowest BCUT2D eigenvalue weighted by molar-refractivity contribution is 0.726. The van der Waals surface area contributed by atoms with Crippen LogP contribution in [0, 0.1) is 0 Å². The molecular formula is C19H16ClN3OS2. The predicted molar refractivity (Wildman–Crippen MR) is 110 cm³/mol. The first kappa shape index (κ1) is 17.4. The molecule has 0 aliphatic rings. The van der Waals surface area contributed by atoms with Crippen molar-refractivity contribution in [2.45, 2.75) is 26.3 Å². The SMILES string of the molecule is CC(C)c1nc(Cn2cnc3scc(-c4ccc(Cl)cc4)c3c2=O)cs1. The largest absolute Gasteiger partial charge is 0.293 e. The average molecular weight is 402 g/mol. The molecule has 26 heavy (non-hydrogen) atoms. The molecule has 0 atom stereocenters. The van der Waals surface area contributed by atoms with Gasteiger partial charge in [-0.1, -0.05) is 37.6 Å². The van der Waals surface area contributed by atoms with Gasteiger partial charge in [0.2, 0.25) is 0 Å². The molecule has 0 radical (unpaired) electrons. The molecule has 4 aromatic rings. The number of thiazole rings is 1. The zero-order chi connectivity index (χ0) is 18.3. The molecule has 0 spiro atoms. The maximum atomic E-state index is 13.1. The molecule has 0 N–H and O–H groups in total. The summed E-state index contributed by atoms with van der Waals surface area (Å²) in [6.07, 6.45) is 1.61. The van der Waals surface area contributed by atoms with Gasteiger partial charge < -0.3 is 0 Å². The van der Waals surface area contributed by atoms with E-state index in [-0.39, 0.29) is 5.56 Å². The van der Waals surface area contributed by atoms with Gasteiger partial charge in [0.15, 0.2) is 0 Å². The maximum absolute atomic E-state index is 13.1. The number of aromatic nitrogens is 3. The van der Waals surface area contributed by atoms with Crippen LogP contribution in [0.5, 0.6) is 0 Å². The number of halogens is 1. The molecule has 0 saturated carbocycles. The highest BCUT2D eigenvalue weighted by Crippen LogP contribution is 2.31. The lowest BCUT2D eigenvalue weighted by atomic mass is 10.1. The van der Waals surface area contributed by atoms with E-state index in [1.54, 1.807) is 22.2 Å². The molecule has 0 amide bonds. The highest BCUT2D eigenvalue weighted by Gasteiger charge is 2.14. The molecule has 7 heteroatoms. The molecule has 4 rings (SSSR count). The van der Waals surface area contributed by atoms with Crippen molar-refractivity contribution in [1.82, 2.24) is 14.5 Å². The second kappa shape index (κ2) is 6.95. The number of fused-ring (bicyclic) bond motifs is 1. The Morgan fingerprint density at radius 1 is 1.15 bits per heavy atom. The van der Waals surface area contributed by atoms with Crippen molar-refractivity contribution in [1.29, 1.82) is 0 Å². The van der Waals surface area contributed by atoms with Gasteiger partial charge in [0.1, 0.15) is 4.83 Å². The Kier molecular flexibility index (Phi) is 4.65. The molecule has 0 bridgehead atoms. The number of hydrogen-bond acceptors (Lipinski definition) is 5. The predicted octanol–water partition coefficient (Wildman–Crippen LogP) is 5.41. The van der Waals surface area contributed by atoms with Gasteiger partial charge in [-0.2, -0.15) is 0 Å². The van der Waals surface area contributed by atoms with E-state index in [1.165, 1.54) is 11.3 Å². The van der Waals surface area contributed by atoms with Gasteiger partial charge >= 0.3 is 0 Å². The van der Waals surface area contributed by atoms with E-state index >= 15 is 0 Å². The Balaban J connectivity index is 1.77. The number of nitrogens with zero attached hydrogens (tertiary/aromatic N) is 3. The average Bonchev–Trinajstić information content (AvgIpc) is 3.25. The lowest BCUT2D eigenvalue weighted by Crippen LogP contribution is -2.21. The fourth-order valence-electron chi connectivity index (χ4n) is 2.76. The van der Waals surface area contributed by atoms with Crippen molar-refractivity contribution in [2.75, 3.05) is 0 Å². The van der Waals surface area contributed by atoms with Crippen molar-refractivity contribution in [3.8, 4) is 11.1 Å². The van der Waals surface area contributed by atoms with E-state index in [9.17, 15) is 4.79 Å². The van der Waals surface area contributed by atoms with Gasteiger partial charge in [0.25, 0.3) is 5.56 Å². The van der Waals surface area contributed by atoms with Crippen LogP contribution in [0.3, 0.4) is 0 Å². The fourth-order valence-corrected chi connectivity index (χ4v) is 4.62. The van der Waals surface area contributed by atoms with E-state index in [1.807, 2.05) is 35.0 Å². The van der Waals surface area contributed by atoms with Crippen molar-refractivity contribution < 1.29 is 0 Å². The van der Waals surface area contributed by atoms with E-state index in [0.717, 1.165) is 26.7 Å². The van der Waals surface area contributed by atoms with Gasteiger partial charge in [0.05, 0.1) is 29.0 Å². The Bertz CT molecular complexity index is 1130. The van der Waals surface area contributed by atoms with Gasteiger partial charge in [0, 0.05) is 27.3 Å². The molecule has 3 aromatic heterocycles. The van der Waals surface area contributed by atoms with Crippen molar-refractivity contribution >= 4 is 44.5 Å². The minimum atomic E-state index is -0.0414.